The Balaban J connectivity index is 2.13. The van der Waals surface area contributed by atoms with Crippen molar-refractivity contribution in [2.45, 2.75) is 6.42 Å². The molecule has 7 heteroatoms. The Morgan fingerprint density at radius 3 is 2.32 bits per heavy atom. The summed E-state index contributed by atoms with van der Waals surface area (Å²) >= 11 is 12.8. The fraction of sp³-hybridized carbons (Fsp3) is 0.0952. The topological polar surface area (TPSA) is 68.0 Å². The third-order valence-corrected chi connectivity index (χ3v) is 5.00. The quantitative estimate of drug-likeness (QED) is 0.543. The van der Waals surface area contributed by atoms with Gasteiger partial charge in [0.15, 0.2) is 5.65 Å². The van der Waals surface area contributed by atoms with E-state index in [4.69, 9.17) is 23.2 Å². The first-order valence-electron chi connectivity index (χ1n) is 8.63. The molecule has 0 atom stereocenters. The van der Waals surface area contributed by atoms with E-state index in [2.05, 4.69) is 9.97 Å². The van der Waals surface area contributed by atoms with E-state index < -0.39 is 0 Å². The number of para-hydroxylation sites is 1. The summed E-state index contributed by atoms with van der Waals surface area (Å²) in [6.45, 7) is -0.114. The molecule has 140 valence electrons. The van der Waals surface area contributed by atoms with Gasteiger partial charge in [-0.2, -0.15) is 0 Å². The van der Waals surface area contributed by atoms with Gasteiger partial charge in [0.1, 0.15) is 5.82 Å². The van der Waals surface area contributed by atoms with Crippen LogP contribution in [0.2, 0.25) is 10.0 Å². The molecule has 28 heavy (non-hydrogen) atoms. The molecule has 0 bridgehead atoms. The Hall–Kier alpha value is -2.73. The van der Waals surface area contributed by atoms with Crippen LogP contribution in [-0.2, 0) is 6.42 Å². The van der Waals surface area contributed by atoms with Crippen LogP contribution >= 0.6 is 23.2 Å². The number of aliphatic hydroxyl groups is 1. The molecule has 0 saturated carbocycles. The highest BCUT2D eigenvalue weighted by Crippen LogP contribution is 2.32. The number of aliphatic hydroxyl groups excluding tert-OH is 1. The molecule has 5 nitrogen and oxygen atoms in total. The third kappa shape index (κ3) is 3.29. The van der Waals surface area contributed by atoms with Crippen molar-refractivity contribution in [3.8, 4) is 16.9 Å². The fourth-order valence-electron chi connectivity index (χ4n) is 3.10. The molecule has 0 unspecified atom stereocenters. The van der Waals surface area contributed by atoms with Gasteiger partial charge in [0.2, 0.25) is 0 Å². The van der Waals surface area contributed by atoms with Crippen LogP contribution in [0.4, 0.5) is 0 Å². The molecule has 0 radical (unpaired) electrons. The highest BCUT2D eigenvalue weighted by atomic mass is 35.5. The van der Waals surface area contributed by atoms with Gasteiger partial charge < -0.3 is 5.11 Å². The normalized spacial score (nSPS) is 11.1. The maximum absolute atomic E-state index is 12.7. The summed E-state index contributed by atoms with van der Waals surface area (Å²) in [5, 5.41) is 11.0. The number of benzene rings is 2. The lowest BCUT2D eigenvalue weighted by atomic mass is 10.1. The van der Waals surface area contributed by atoms with Crippen LogP contribution in [0.25, 0.3) is 28.0 Å². The Morgan fingerprint density at radius 2 is 1.61 bits per heavy atom. The molecule has 0 aliphatic heterocycles. The van der Waals surface area contributed by atoms with Gasteiger partial charge in [-0.15, -0.1) is 0 Å². The number of rotatable bonds is 4. The Labute approximate surface area is 170 Å². The Bertz CT molecular complexity index is 1240. The SMILES string of the molecule is O=c1ccc2c(-c3ccccc3Cl)nc(CCO)nc2n1-c1ccccc1Cl. The van der Waals surface area contributed by atoms with Crippen LogP contribution in [0.1, 0.15) is 5.82 Å². The van der Waals surface area contributed by atoms with E-state index in [-0.39, 0.29) is 18.6 Å². The second kappa shape index (κ2) is 7.72. The van der Waals surface area contributed by atoms with Gasteiger partial charge in [0, 0.05) is 28.5 Å². The highest BCUT2D eigenvalue weighted by molar-refractivity contribution is 6.33. The summed E-state index contributed by atoms with van der Waals surface area (Å²) in [5.41, 5.74) is 1.99. The summed E-state index contributed by atoms with van der Waals surface area (Å²) in [5.74, 6) is 0.413. The molecule has 0 spiro atoms. The van der Waals surface area contributed by atoms with Crippen LogP contribution in [0.3, 0.4) is 0 Å². The summed E-state index contributed by atoms with van der Waals surface area (Å²) in [7, 11) is 0. The van der Waals surface area contributed by atoms with Crippen molar-refractivity contribution in [3.05, 3.63) is 86.9 Å². The lowest BCUT2D eigenvalue weighted by Crippen LogP contribution is -2.20. The maximum atomic E-state index is 12.7. The van der Waals surface area contributed by atoms with Crippen molar-refractivity contribution in [1.29, 1.82) is 0 Å². The molecule has 2 heterocycles. The average Bonchev–Trinajstić information content (AvgIpc) is 2.69. The minimum Gasteiger partial charge on any atom is -0.396 e. The Kier molecular flexibility index (Phi) is 5.13. The first-order chi connectivity index (χ1) is 13.6. The van der Waals surface area contributed by atoms with Crippen molar-refractivity contribution in [3.63, 3.8) is 0 Å². The third-order valence-electron chi connectivity index (χ3n) is 4.35. The van der Waals surface area contributed by atoms with Crippen LogP contribution < -0.4 is 5.56 Å². The number of pyridine rings is 1. The van der Waals surface area contributed by atoms with Gasteiger partial charge in [0.05, 0.1) is 23.0 Å². The van der Waals surface area contributed by atoms with Crippen molar-refractivity contribution in [2.24, 2.45) is 0 Å². The zero-order chi connectivity index (χ0) is 19.7. The van der Waals surface area contributed by atoms with Gasteiger partial charge in [-0.1, -0.05) is 53.5 Å². The highest BCUT2D eigenvalue weighted by Gasteiger charge is 2.17. The van der Waals surface area contributed by atoms with E-state index in [9.17, 15) is 9.90 Å². The fourth-order valence-corrected chi connectivity index (χ4v) is 3.54. The predicted octanol–water partition coefficient (Wildman–Crippen LogP) is 4.29. The number of halogens is 2. The molecule has 2 aromatic heterocycles. The minimum atomic E-state index is -0.264. The van der Waals surface area contributed by atoms with E-state index in [1.165, 1.54) is 10.6 Å². The summed E-state index contributed by atoms with van der Waals surface area (Å²) in [6, 6.07) is 17.6. The average molecular weight is 412 g/mol. The van der Waals surface area contributed by atoms with Crippen LogP contribution in [0.5, 0.6) is 0 Å². The molecule has 0 aliphatic rings. The molecule has 0 fully saturated rings. The number of hydrogen-bond donors (Lipinski definition) is 1. The van der Waals surface area contributed by atoms with Crippen LogP contribution in [-0.4, -0.2) is 26.2 Å². The van der Waals surface area contributed by atoms with E-state index in [1.54, 1.807) is 36.4 Å². The predicted molar refractivity (Wildman–Crippen MR) is 111 cm³/mol. The number of fused-ring (bicyclic) bond motifs is 1. The molecule has 0 saturated heterocycles. The monoisotopic (exact) mass is 411 g/mol. The molecule has 0 amide bonds. The molecular weight excluding hydrogens is 397 g/mol. The standard InChI is InChI=1S/C21H15Cl2N3O2/c22-15-6-2-1-5-13(15)20-14-9-10-19(28)26(17-8-4-3-7-16(17)23)21(14)25-18(24-20)11-12-27/h1-10,27H,11-12H2. The van der Waals surface area contributed by atoms with Gasteiger partial charge in [0.25, 0.3) is 5.56 Å². The van der Waals surface area contributed by atoms with E-state index in [0.717, 1.165) is 5.56 Å². The number of hydrogen-bond acceptors (Lipinski definition) is 4. The summed E-state index contributed by atoms with van der Waals surface area (Å²) < 4.78 is 1.46. The van der Waals surface area contributed by atoms with E-state index in [1.807, 2.05) is 18.2 Å². The number of aromatic nitrogens is 3. The van der Waals surface area contributed by atoms with Crippen LogP contribution in [0.15, 0.2) is 65.5 Å². The molecule has 4 rings (SSSR count). The van der Waals surface area contributed by atoms with Crippen LogP contribution in [0, 0.1) is 0 Å². The first kappa shape index (κ1) is 18.6. The zero-order valence-corrected chi connectivity index (χ0v) is 16.2. The first-order valence-corrected chi connectivity index (χ1v) is 9.39. The van der Waals surface area contributed by atoms with Crippen molar-refractivity contribution in [1.82, 2.24) is 14.5 Å². The van der Waals surface area contributed by atoms with E-state index in [0.29, 0.717) is 38.3 Å². The van der Waals surface area contributed by atoms with Crippen molar-refractivity contribution >= 4 is 34.2 Å². The summed E-state index contributed by atoms with van der Waals surface area (Å²) in [4.78, 5) is 21.9. The lowest BCUT2D eigenvalue weighted by Gasteiger charge is -2.15. The van der Waals surface area contributed by atoms with Gasteiger partial charge >= 0.3 is 0 Å². The molecule has 1 N–H and O–H groups in total. The summed E-state index contributed by atoms with van der Waals surface area (Å²) in [6.07, 6.45) is 0.249. The largest absolute Gasteiger partial charge is 0.396 e. The number of nitrogens with zero attached hydrogens (tertiary/aromatic N) is 3. The Morgan fingerprint density at radius 1 is 0.893 bits per heavy atom. The molecular formula is C21H15Cl2N3O2. The lowest BCUT2D eigenvalue weighted by molar-refractivity contribution is 0.297. The van der Waals surface area contributed by atoms with E-state index >= 15 is 0 Å². The molecule has 2 aromatic carbocycles. The smallest absolute Gasteiger partial charge is 0.256 e. The minimum absolute atomic E-state index is 0.114. The van der Waals surface area contributed by atoms with Gasteiger partial charge in [-0.25, -0.2) is 9.97 Å². The van der Waals surface area contributed by atoms with Crippen molar-refractivity contribution < 1.29 is 5.11 Å². The second-order valence-corrected chi connectivity index (χ2v) is 6.95. The molecule has 0 aliphatic carbocycles. The van der Waals surface area contributed by atoms with Crippen molar-refractivity contribution in [2.75, 3.05) is 6.61 Å². The zero-order valence-electron chi connectivity index (χ0n) is 14.6. The molecule has 4 aromatic rings. The maximum Gasteiger partial charge on any atom is 0.256 e. The second-order valence-electron chi connectivity index (χ2n) is 6.14. The van der Waals surface area contributed by atoms with Gasteiger partial charge in [-0.3, -0.25) is 9.36 Å². The van der Waals surface area contributed by atoms with Gasteiger partial charge in [-0.05, 0) is 24.3 Å².